The topological polar surface area (TPSA) is 65.4 Å². The maximum absolute atomic E-state index is 14.6. The second-order valence-corrected chi connectivity index (χ2v) is 15.4. The lowest BCUT2D eigenvalue weighted by atomic mass is 10.0. The highest BCUT2D eigenvalue weighted by Crippen LogP contribution is 2.38. The first-order valence-electron chi connectivity index (χ1n) is 10.7. The van der Waals surface area contributed by atoms with Crippen LogP contribution in [-0.4, -0.2) is 29.5 Å². The molecule has 2 heterocycles. The fourth-order valence-corrected chi connectivity index (χ4v) is 4.23. The van der Waals surface area contributed by atoms with Gasteiger partial charge in [-0.25, -0.2) is 13.8 Å². The second kappa shape index (κ2) is 10.2. The maximum atomic E-state index is 14.6. The van der Waals surface area contributed by atoms with Crippen LogP contribution in [0.15, 0.2) is 30.6 Å². The number of carbonyl (C=O) groups excluding carboxylic acids is 1. The predicted octanol–water partition coefficient (Wildman–Crippen LogP) is 7.00. The SMILES string of the molecule is CC(C)c1cn(COCC[Si](C)(C)C)c2nccc(Oc3c(F)cc(NC(=O)S)cc3F)c12. The molecule has 6 nitrogen and oxygen atoms in total. The quantitative estimate of drug-likeness (QED) is 0.191. The molecule has 2 aromatic heterocycles. The molecule has 0 fully saturated rings. The van der Waals surface area contributed by atoms with Crippen LogP contribution in [0.25, 0.3) is 11.0 Å². The zero-order valence-electron chi connectivity index (χ0n) is 19.4. The highest BCUT2D eigenvalue weighted by Gasteiger charge is 2.21. The Kier molecular flexibility index (Phi) is 7.81. The third kappa shape index (κ3) is 6.33. The molecule has 0 spiro atoms. The van der Waals surface area contributed by atoms with Crippen molar-refractivity contribution in [3.63, 3.8) is 0 Å². The number of nitrogens with one attached hydrogen (secondary N) is 1. The Morgan fingerprint density at radius 2 is 1.91 bits per heavy atom. The molecule has 0 atom stereocenters. The second-order valence-electron chi connectivity index (χ2n) is 9.37. The summed E-state index contributed by atoms with van der Waals surface area (Å²) >= 11 is 3.56. The normalized spacial score (nSPS) is 11.9. The zero-order valence-corrected chi connectivity index (χ0v) is 21.3. The van der Waals surface area contributed by atoms with Crippen LogP contribution in [0, 0.1) is 11.6 Å². The van der Waals surface area contributed by atoms with Crippen molar-refractivity contribution in [2.24, 2.45) is 0 Å². The zero-order chi connectivity index (χ0) is 24.3. The van der Waals surface area contributed by atoms with E-state index in [-0.39, 0.29) is 17.4 Å². The lowest BCUT2D eigenvalue weighted by Gasteiger charge is -2.15. The van der Waals surface area contributed by atoms with E-state index in [0.29, 0.717) is 24.4 Å². The number of aromatic nitrogens is 2. The number of ether oxygens (including phenoxy) is 2. The van der Waals surface area contributed by atoms with Crippen molar-refractivity contribution in [1.29, 1.82) is 0 Å². The van der Waals surface area contributed by atoms with Gasteiger partial charge < -0.3 is 19.4 Å². The van der Waals surface area contributed by atoms with Gasteiger partial charge in [-0.3, -0.25) is 4.79 Å². The number of nitrogens with zero attached hydrogens (tertiary/aromatic N) is 2. The molecule has 0 aliphatic rings. The molecular weight excluding hydrogens is 464 g/mol. The van der Waals surface area contributed by atoms with Crippen LogP contribution in [-0.2, 0) is 11.5 Å². The van der Waals surface area contributed by atoms with Crippen LogP contribution in [0.5, 0.6) is 11.5 Å². The molecule has 0 bridgehead atoms. The minimum Gasteiger partial charge on any atom is -0.450 e. The first-order chi connectivity index (χ1) is 15.5. The molecule has 0 saturated carbocycles. The number of halogens is 2. The summed E-state index contributed by atoms with van der Waals surface area (Å²) in [6.07, 6.45) is 3.48. The Morgan fingerprint density at radius 3 is 2.48 bits per heavy atom. The van der Waals surface area contributed by atoms with Crippen LogP contribution in [0.2, 0.25) is 25.7 Å². The first-order valence-corrected chi connectivity index (χ1v) is 14.8. The minimum atomic E-state index is -1.21. The molecule has 3 rings (SSSR count). The van der Waals surface area contributed by atoms with E-state index in [1.807, 2.05) is 24.6 Å². The van der Waals surface area contributed by atoms with E-state index in [9.17, 15) is 13.6 Å². The van der Waals surface area contributed by atoms with Gasteiger partial charge in [0.05, 0.1) is 5.39 Å². The minimum absolute atomic E-state index is 0.0540. The summed E-state index contributed by atoms with van der Waals surface area (Å²) in [5.41, 5.74) is 1.49. The third-order valence-corrected chi connectivity index (χ3v) is 6.87. The molecule has 178 valence electrons. The van der Waals surface area contributed by atoms with Crippen LogP contribution < -0.4 is 10.1 Å². The molecule has 0 saturated heterocycles. The number of hydrogen-bond donors (Lipinski definition) is 2. The number of carbonyl (C=O) groups is 1. The summed E-state index contributed by atoms with van der Waals surface area (Å²) in [6.45, 7) is 11.9. The van der Waals surface area contributed by atoms with Gasteiger partial charge in [-0.05, 0) is 23.6 Å². The average Bonchev–Trinajstić information content (AvgIpc) is 3.07. The first kappa shape index (κ1) is 25.2. The average molecular weight is 494 g/mol. The van der Waals surface area contributed by atoms with Crippen LogP contribution in [0.3, 0.4) is 0 Å². The number of rotatable bonds is 9. The van der Waals surface area contributed by atoms with Gasteiger partial charge >= 0.3 is 0 Å². The van der Waals surface area contributed by atoms with Crippen molar-refractivity contribution in [2.45, 2.75) is 52.2 Å². The number of pyridine rings is 1. The third-order valence-electron chi connectivity index (χ3n) is 5.06. The van der Waals surface area contributed by atoms with Crippen molar-refractivity contribution >= 4 is 42.7 Å². The molecule has 0 radical (unpaired) electrons. The van der Waals surface area contributed by atoms with E-state index < -0.39 is 30.7 Å². The van der Waals surface area contributed by atoms with Crippen molar-refractivity contribution in [3.05, 3.63) is 47.8 Å². The largest absolute Gasteiger partial charge is 0.450 e. The summed E-state index contributed by atoms with van der Waals surface area (Å²) in [5, 5.41) is 2.18. The molecule has 1 N–H and O–H groups in total. The van der Waals surface area contributed by atoms with E-state index in [1.54, 1.807) is 6.07 Å². The molecule has 0 aliphatic heterocycles. The summed E-state index contributed by atoms with van der Waals surface area (Å²) in [5.74, 6) is -2.05. The molecular formula is C23H29F2N3O3SSi. The number of anilines is 1. The molecule has 33 heavy (non-hydrogen) atoms. The Morgan fingerprint density at radius 1 is 1.24 bits per heavy atom. The number of benzene rings is 1. The Balaban J connectivity index is 1.94. The van der Waals surface area contributed by atoms with Gasteiger partial charge in [0, 0.05) is 44.9 Å². The van der Waals surface area contributed by atoms with E-state index in [4.69, 9.17) is 9.47 Å². The van der Waals surface area contributed by atoms with Gasteiger partial charge in [-0.2, -0.15) is 0 Å². The monoisotopic (exact) mass is 493 g/mol. The van der Waals surface area contributed by atoms with E-state index in [1.165, 1.54) is 6.20 Å². The van der Waals surface area contributed by atoms with Crippen LogP contribution >= 0.6 is 12.6 Å². The molecule has 1 amide bonds. The highest BCUT2D eigenvalue weighted by atomic mass is 32.1. The van der Waals surface area contributed by atoms with Gasteiger partial charge in [0.1, 0.15) is 18.1 Å². The van der Waals surface area contributed by atoms with Crippen LogP contribution in [0.1, 0.15) is 25.3 Å². The molecule has 10 heteroatoms. The summed E-state index contributed by atoms with van der Waals surface area (Å²) < 4.78 is 42.8. The van der Waals surface area contributed by atoms with E-state index >= 15 is 0 Å². The van der Waals surface area contributed by atoms with Gasteiger partial charge in [0.25, 0.3) is 5.24 Å². The summed E-state index contributed by atoms with van der Waals surface area (Å²) in [7, 11) is -1.21. The molecule has 0 aliphatic carbocycles. The van der Waals surface area contributed by atoms with Crippen molar-refractivity contribution < 1.29 is 23.0 Å². The van der Waals surface area contributed by atoms with Crippen molar-refractivity contribution in [2.75, 3.05) is 11.9 Å². The molecule has 1 aromatic carbocycles. The van der Waals surface area contributed by atoms with Crippen molar-refractivity contribution in [1.82, 2.24) is 9.55 Å². The van der Waals surface area contributed by atoms with E-state index in [2.05, 4.69) is 42.6 Å². The predicted molar refractivity (Wildman–Crippen MR) is 132 cm³/mol. The lowest BCUT2D eigenvalue weighted by molar-refractivity contribution is 0.0898. The summed E-state index contributed by atoms with van der Waals surface area (Å²) in [6, 6.07) is 4.58. The standard InChI is InChI=1S/C23H29F2N3O3SSi/c1-14(2)16-12-28(13-30-8-9-33(3,4)5)22-20(16)19(6-7-26-22)31-21-17(24)10-15(11-18(21)25)27-23(29)32/h6-7,10-12,14H,8-9,13H2,1-5H3,(H2,27,29,32). The molecule has 0 unspecified atom stereocenters. The van der Waals surface area contributed by atoms with Gasteiger partial charge in [-0.15, -0.1) is 0 Å². The fraction of sp³-hybridized carbons (Fsp3) is 0.391. The lowest BCUT2D eigenvalue weighted by Crippen LogP contribution is -2.22. The summed E-state index contributed by atoms with van der Waals surface area (Å²) in [4.78, 5) is 15.5. The number of thiol groups is 1. The molecule has 3 aromatic rings. The van der Waals surface area contributed by atoms with Gasteiger partial charge in [0.2, 0.25) is 0 Å². The van der Waals surface area contributed by atoms with Gasteiger partial charge in [-0.1, -0.05) is 46.1 Å². The Hall–Kier alpha value is -2.43. The number of hydrogen-bond acceptors (Lipinski definition) is 4. The van der Waals surface area contributed by atoms with Crippen molar-refractivity contribution in [3.8, 4) is 11.5 Å². The fourth-order valence-electron chi connectivity index (χ4n) is 3.34. The van der Waals surface area contributed by atoms with Crippen LogP contribution in [0.4, 0.5) is 19.3 Å². The smallest absolute Gasteiger partial charge is 0.280 e. The van der Waals surface area contributed by atoms with Gasteiger partial charge in [0.15, 0.2) is 17.4 Å². The number of amides is 1. The Labute approximate surface area is 198 Å². The highest BCUT2D eigenvalue weighted by molar-refractivity contribution is 7.96. The Bertz CT molecular complexity index is 1140. The number of fused-ring (bicyclic) bond motifs is 1. The maximum Gasteiger partial charge on any atom is 0.280 e. The van der Waals surface area contributed by atoms with E-state index in [0.717, 1.165) is 23.7 Å².